The second kappa shape index (κ2) is 10.2. The van der Waals surface area contributed by atoms with Crippen molar-refractivity contribution in [2.75, 3.05) is 46.6 Å². The van der Waals surface area contributed by atoms with Crippen molar-refractivity contribution >= 4 is 6.03 Å². The first kappa shape index (κ1) is 17.8. The van der Waals surface area contributed by atoms with Gasteiger partial charge in [0.15, 0.2) is 0 Å². The molecule has 1 aliphatic heterocycles. The van der Waals surface area contributed by atoms with E-state index in [1.807, 2.05) is 4.90 Å². The number of hydrogen-bond acceptors (Lipinski definition) is 3. The van der Waals surface area contributed by atoms with E-state index in [1.165, 1.54) is 5.56 Å². The van der Waals surface area contributed by atoms with E-state index in [1.54, 1.807) is 7.11 Å². The maximum atomic E-state index is 12.2. The second-order valence-corrected chi connectivity index (χ2v) is 5.86. The third-order valence-electron chi connectivity index (χ3n) is 4.24. The summed E-state index contributed by atoms with van der Waals surface area (Å²) in [5.41, 5.74) is 1.39. The number of hydrogen-bond donors (Lipinski definition) is 1. The largest absolute Gasteiger partial charge is 0.382 e. The quantitative estimate of drug-likeness (QED) is 0.786. The molecule has 0 aliphatic carbocycles. The Morgan fingerprint density at radius 1 is 1.17 bits per heavy atom. The van der Waals surface area contributed by atoms with E-state index in [9.17, 15) is 4.79 Å². The molecule has 1 aliphatic rings. The summed E-state index contributed by atoms with van der Waals surface area (Å²) in [6.07, 6.45) is 3.23. The van der Waals surface area contributed by atoms with Crippen LogP contribution in [0.25, 0.3) is 0 Å². The summed E-state index contributed by atoms with van der Waals surface area (Å²) < 4.78 is 10.3. The average Bonchev–Trinajstić information content (AvgIpc) is 2.85. The van der Waals surface area contributed by atoms with Crippen molar-refractivity contribution in [3.05, 3.63) is 35.9 Å². The van der Waals surface area contributed by atoms with Gasteiger partial charge in [-0.05, 0) is 30.7 Å². The maximum absolute atomic E-state index is 12.2. The molecule has 1 aromatic rings. The molecule has 2 rings (SSSR count). The fourth-order valence-electron chi connectivity index (χ4n) is 2.94. The Hall–Kier alpha value is -1.59. The topological polar surface area (TPSA) is 50.8 Å². The van der Waals surface area contributed by atoms with Crippen molar-refractivity contribution in [1.29, 1.82) is 0 Å². The molecule has 1 fully saturated rings. The molecule has 0 saturated carbocycles. The predicted octanol–water partition coefficient (Wildman–Crippen LogP) is 2.63. The van der Waals surface area contributed by atoms with Gasteiger partial charge < -0.3 is 19.7 Å². The van der Waals surface area contributed by atoms with E-state index >= 15 is 0 Å². The lowest BCUT2D eigenvalue weighted by Crippen LogP contribution is -2.41. The van der Waals surface area contributed by atoms with Gasteiger partial charge in [0.1, 0.15) is 0 Å². The van der Waals surface area contributed by atoms with Crippen molar-refractivity contribution in [2.24, 2.45) is 0 Å². The molecule has 1 atom stereocenters. The van der Waals surface area contributed by atoms with Gasteiger partial charge in [-0.1, -0.05) is 30.3 Å². The Labute approximate surface area is 139 Å². The first-order valence-electron chi connectivity index (χ1n) is 8.45. The zero-order valence-electron chi connectivity index (χ0n) is 14.0. The molecule has 0 aromatic heterocycles. The maximum Gasteiger partial charge on any atom is 0.317 e. The van der Waals surface area contributed by atoms with Gasteiger partial charge in [0.25, 0.3) is 0 Å². The summed E-state index contributed by atoms with van der Waals surface area (Å²) in [7, 11) is 1.65. The highest BCUT2D eigenvalue weighted by Gasteiger charge is 2.21. The summed E-state index contributed by atoms with van der Waals surface area (Å²) in [5.74, 6) is 0.561. The minimum atomic E-state index is 0.0223. The third-order valence-corrected chi connectivity index (χ3v) is 4.24. The smallest absolute Gasteiger partial charge is 0.317 e. The van der Waals surface area contributed by atoms with Gasteiger partial charge in [0, 0.05) is 26.7 Å². The molecule has 5 heteroatoms. The Kier molecular flexibility index (Phi) is 7.90. The van der Waals surface area contributed by atoms with Gasteiger partial charge in [-0.2, -0.15) is 0 Å². The SMILES string of the molecule is COCCOCCNC(=O)N1CCC[C@H](c2ccccc2)CC1. The van der Waals surface area contributed by atoms with E-state index in [-0.39, 0.29) is 6.03 Å². The summed E-state index contributed by atoms with van der Waals surface area (Å²) >= 11 is 0. The Balaban J connectivity index is 1.69. The van der Waals surface area contributed by atoms with Crippen LogP contribution < -0.4 is 5.32 Å². The van der Waals surface area contributed by atoms with E-state index in [0.29, 0.717) is 32.3 Å². The predicted molar refractivity (Wildman–Crippen MR) is 90.7 cm³/mol. The van der Waals surface area contributed by atoms with Crippen LogP contribution in [0.3, 0.4) is 0 Å². The zero-order valence-corrected chi connectivity index (χ0v) is 14.0. The first-order valence-corrected chi connectivity index (χ1v) is 8.45. The summed E-state index contributed by atoms with van der Waals surface area (Å²) in [5, 5.41) is 2.93. The van der Waals surface area contributed by atoms with E-state index < -0.39 is 0 Å². The highest BCUT2D eigenvalue weighted by atomic mass is 16.5. The summed E-state index contributed by atoms with van der Waals surface area (Å²) in [6.45, 7) is 3.86. The molecule has 0 bridgehead atoms. The molecule has 128 valence electrons. The normalized spacial score (nSPS) is 18.5. The number of benzene rings is 1. The van der Waals surface area contributed by atoms with E-state index in [4.69, 9.17) is 9.47 Å². The Bertz CT molecular complexity index is 453. The highest BCUT2D eigenvalue weighted by molar-refractivity contribution is 5.74. The lowest BCUT2D eigenvalue weighted by atomic mass is 9.92. The van der Waals surface area contributed by atoms with Crippen molar-refractivity contribution in [3.8, 4) is 0 Å². The monoisotopic (exact) mass is 320 g/mol. The molecular weight excluding hydrogens is 292 g/mol. The standard InChI is InChI=1S/C18H28N2O3/c1-22-14-15-23-13-10-19-18(21)20-11-5-8-17(9-12-20)16-6-3-2-4-7-16/h2-4,6-7,17H,5,8-15H2,1H3,(H,19,21)/t17-/m0/s1. The van der Waals surface area contributed by atoms with Gasteiger partial charge in [0.2, 0.25) is 0 Å². The molecule has 1 saturated heterocycles. The number of likely N-dealkylation sites (tertiary alicyclic amines) is 1. The van der Waals surface area contributed by atoms with Crippen molar-refractivity contribution < 1.29 is 14.3 Å². The fraction of sp³-hybridized carbons (Fsp3) is 0.611. The highest BCUT2D eigenvalue weighted by Crippen LogP contribution is 2.27. The molecule has 1 N–H and O–H groups in total. The van der Waals surface area contributed by atoms with E-state index in [0.717, 1.165) is 32.4 Å². The fourth-order valence-corrected chi connectivity index (χ4v) is 2.94. The molecule has 0 spiro atoms. The van der Waals surface area contributed by atoms with Crippen LogP contribution in [-0.4, -0.2) is 57.5 Å². The van der Waals surface area contributed by atoms with Gasteiger partial charge in [-0.3, -0.25) is 0 Å². The molecule has 2 amide bonds. The van der Waals surface area contributed by atoms with Crippen molar-refractivity contribution in [2.45, 2.75) is 25.2 Å². The van der Waals surface area contributed by atoms with E-state index in [2.05, 4.69) is 35.6 Å². The number of carbonyl (C=O) groups is 1. The lowest BCUT2D eigenvalue weighted by molar-refractivity contribution is 0.0721. The van der Waals surface area contributed by atoms with Crippen LogP contribution in [-0.2, 0) is 9.47 Å². The number of amides is 2. The van der Waals surface area contributed by atoms with Crippen LogP contribution in [0.4, 0.5) is 4.79 Å². The zero-order chi connectivity index (χ0) is 16.3. The number of rotatable bonds is 7. The molecule has 1 heterocycles. The molecule has 1 aromatic carbocycles. The van der Waals surface area contributed by atoms with Crippen LogP contribution in [0.1, 0.15) is 30.7 Å². The third kappa shape index (κ3) is 6.20. The van der Waals surface area contributed by atoms with Gasteiger partial charge in [0.05, 0.1) is 19.8 Å². The van der Waals surface area contributed by atoms with Crippen LogP contribution in [0, 0.1) is 0 Å². The molecule has 5 nitrogen and oxygen atoms in total. The number of methoxy groups -OCH3 is 1. The number of ether oxygens (including phenoxy) is 2. The van der Waals surface area contributed by atoms with Gasteiger partial charge >= 0.3 is 6.03 Å². The Morgan fingerprint density at radius 3 is 2.78 bits per heavy atom. The molecular formula is C18H28N2O3. The van der Waals surface area contributed by atoms with Crippen molar-refractivity contribution in [1.82, 2.24) is 10.2 Å². The number of urea groups is 1. The lowest BCUT2D eigenvalue weighted by Gasteiger charge is -2.21. The molecule has 0 unspecified atom stereocenters. The van der Waals surface area contributed by atoms with Crippen molar-refractivity contribution in [3.63, 3.8) is 0 Å². The average molecular weight is 320 g/mol. The second-order valence-electron chi connectivity index (χ2n) is 5.86. The van der Waals surface area contributed by atoms with Crippen LogP contribution in [0.5, 0.6) is 0 Å². The summed E-state index contributed by atoms with van der Waals surface area (Å²) in [4.78, 5) is 14.1. The number of nitrogens with one attached hydrogen (secondary N) is 1. The van der Waals surface area contributed by atoms with Crippen LogP contribution >= 0.6 is 0 Å². The Morgan fingerprint density at radius 2 is 2.00 bits per heavy atom. The van der Waals surface area contributed by atoms with Gasteiger partial charge in [-0.25, -0.2) is 4.79 Å². The number of nitrogens with zero attached hydrogens (tertiary/aromatic N) is 1. The summed E-state index contributed by atoms with van der Waals surface area (Å²) in [6, 6.07) is 10.6. The van der Waals surface area contributed by atoms with Crippen LogP contribution in [0.15, 0.2) is 30.3 Å². The minimum absolute atomic E-state index is 0.0223. The van der Waals surface area contributed by atoms with Crippen LogP contribution in [0.2, 0.25) is 0 Å². The molecule has 23 heavy (non-hydrogen) atoms. The van der Waals surface area contributed by atoms with Gasteiger partial charge in [-0.15, -0.1) is 0 Å². The first-order chi connectivity index (χ1) is 11.3. The minimum Gasteiger partial charge on any atom is -0.382 e. The number of carbonyl (C=O) groups excluding carboxylic acids is 1. The molecule has 0 radical (unpaired) electrons.